The van der Waals surface area contributed by atoms with E-state index in [0.29, 0.717) is 28.1 Å². The molecule has 1 aromatic carbocycles. The molecule has 0 aliphatic carbocycles. The lowest BCUT2D eigenvalue weighted by Crippen LogP contribution is -2.76. The number of fused-ring (bicyclic) bond motifs is 1. The van der Waals surface area contributed by atoms with Crippen molar-refractivity contribution >= 4 is 22.9 Å². The third-order valence-corrected chi connectivity index (χ3v) is 6.64. The smallest absolute Gasteiger partial charge is 0.256 e. The summed E-state index contributed by atoms with van der Waals surface area (Å²) < 4.78 is 8.30. The SMILES string of the molecule is O=C(Nc1ncnc2c1ncn2C1CCC(CN2CC3(CCN3)C2)O1)c1ccccc1. The standard InChI is InChI=1S/C22H25N7O2/c30-21(15-4-2-1-3-5-15)27-19-18-20(24-13-23-19)29(14-25-18)17-7-6-16(31-17)10-28-11-22(12-28)8-9-26-22/h1-5,13-14,16-17,26H,6-12H2,(H,23,24,27,30). The van der Waals surface area contributed by atoms with Crippen molar-refractivity contribution in [2.45, 2.75) is 37.1 Å². The first-order chi connectivity index (χ1) is 15.2. The number of hydrogen-bond acceptors (Lipinski definition) is 7. The van der Waals surface area contributed by atoms with Crippen molar-refractivity contribution in [3.63, 3.8) is 0 Å². The Morgan fingerprint density at radius 2 is 2.03 bits per heavy atom. The molecule has 1 amide bonds. The molecule has 3 saturated heterocycles. The normalized spacial score (nSPS) is 24.8. The monoisotopic (exact) mass is 419 g/mol. The van der Waals surface area contributed by atoms with Crippen LogP contribution in [-0.2, 0) is 4.74 Å². The molecule has 0 radical (unpaired) electrons. The zero-order valence-electron chi connectivity index (χ0n) is 17.2. The number of imidazole rings is 1. The van der Waals surface area contributed by atoms with E-state index in [2.05, 4.69) is 30.5 Å². The van der Waals surface area contributed by atoms with Gasteiger partial charge < -0.3 is 15.4 Å². The Labute approximate surface area is 179 Å². The van der Waals surface area contributed by atoms with Gasteiger partial charge in [0.1, 0.15) is 12.6 Å². The van der Waals surface area contributed by atoms with Crippen molar-refractivity contribution in [3.05, 3.63) is 48.5 Å². The second-order valence-corrected chi connectivity index (χ2v) is 8.78. The zero-order valence-corrected chi connectivity index (χ0v) is 17.2. The predicted octanol–water partition coefficient (Wildman–Crippen LogP) is 1.80. The van der Waals surface area contributed by atoms with Gasteiger partial charge in [0.15, 0.2) is 17.0 Å². The third-order valence-electron chi connectivity index (χ3n) is 6.64. The van der Waals surface area contributed by atoms with Gasteiger partial charge in [0.05, 0.1) is 12.4 Å². The van der Waals surface area contributed by atoms with Crippen molar-refractivity contribution in [2.24, 2.45) is 0 Å². The maximum atomic E-state index is 12.5. The number of ether oxygens (including phenoxy) is 1. The molecule has 0 bridgehead atoms. The quantitative estimate of drug-likeness (QED) is 0.651. The Morgan fingerprint density at radius 3 is 2.81 bits per heavy atom. The van der Waals surface area contributed by atoms with Crippen LogP contribution < -0.4 is 10.6 Å². The number of hydrogen-bond donors (Lipinski definition) is 2. The first-order valence-electron chi connectivity index (χ1n) is 10.9. The number of carbonyl (C=O) groups is 1. The Balaban J connectivity index is 1.14. The number of benzene rings is 1. The highest BCUT2D eigenvalue weighted by atomic mass is 16.5. The average molecular weight is 419 g/mol. The molecule has 9 heteroatoms. The first kappa shape index (κ1) is 18.9. The number of nitrogens with one attached hydrogen (secondary N) is 2. The minimum Gasteiger partial charge on any atom is -0.353 e. The molecule has 2 N–H and O–H groups in total. The molecule has 31 heavy (non-hydrogen) atoms. The topological polar surface area (TPSA) is 97.2 Å². The van der Waals surface area contributed by atoms with E-state index in [9.17, 15) is 4.79 Å². The minimum absolute atomic E-state index is 0.0976. The van der Waals surface area contributed by atoms with Gasteiger partial charge in [0.25, 0.3) is 5.91 Å². The zero-order chi connectivity index (χ0) is 20.8. The third kappa shape index (κ3) is 3.38. The number of nitrogens with zero attached hydrogens (tertiary/aromatic N) is 5. The van der Waals surface area contributed by atoms with E-state index in [1.165, 1.54) is 12.7 Å². The predicted molar refractivity (Wildman–Crippen MR) is 115 cm³/mol. The first-order valence-corrected chi connectivity index (χ1v) is 10.9. The summed E-state index contributed by atoms with van der Waals surface area (Å²) >= 11 is 0. The second kappa shape index (κ2) is 7.37. The van der Waals surface area contributed by atoms with Crippen LogP contribution in [0.1, 0.15) is 35.8 Å². The van der Waals surface area contributed by atoms with Crippen LogP contribution in [0, 0.1) is 0 Å². The fourth-order valence-electron chi connectivity index (χ4n) is 4.92. The second-order valence-electron chi connectivity index (χ2n) is 8.78. The Bertz CT molecular complexity index is 1100. The van der Waals surface area contributed by atoms with E-state index in [4.69, 9.17) is 4.74 Å². The van der Waals surface area contributed by atoms with Crippen molar-refractivity contribution in [3.8, 4) is 0 Å². The van der Waals surface area contributed by atoms with Crippen LogP contribution in [0.25, 0.3) is 11.2 Å². The van der Waals surface area contributed by atoms with Gasteiger partial charge >= 0.3 is 0 Å². The molecule has 2 atom stereocenters. The molecule has 2 aromatic heterocycles. The van der Waals surface area contributed by atoms with Gasteiger partial charge in [-0.05, 0) is 37.9 Å². The van der Waals surface area contributed by atoms with E-state index in [1.54, 1.807) is 18.5 Å². The fraction of sp³-hybridized carbons (Fsp3) is 0.455. The molecule has 1 spiro atoms. The highest BCUT2D eigenvalue weighted by Gasteiger charge is 2.47. The van der Waals surface area contributed by atoms with Gasteiger partial charge in [-0.3, -0.25) is 14.3 Å². The summed E-state index contributed by atoms with van der Waals surface area (Å²) in [5, 5.41) is 6.41. The van der Waals surface area contributed by atoms with Gasteiger partial charge in [0, 0.05) is 30.7 Å². The molecular weight excluding hydrogens is 394 g/mol. The molecule has 2 unspecified atom stereocenters. The minimum atomic E-state index is -0.222. The lowest BCUT2D eigenvalue weighted by Gasteiger charge is -2.57. The summed E-state index contributed by atoms with van der Waals surface area (Å²) in [5.74, 6) is 0.187. The van der Waals surface area contributed by atoms with E-state index >= 15 is 0 Å². The summed E-state index contributed by atoms with van der Waals surface area (Å²) in [5.41, 5.74) is 2.21. The highest BCUT2D eigenvalue weighted by molar-refractivity contribution is 6.06. The van der Waals surface area contributed by atoms with Gasteiger partial charge in [0.2, 0.25) is 0 Å². The fourth-order valence-corrected chi connectivity index (χ4v) is 4.92. The van der Waals surface area contributed by atoms with E-state index in [-0.39, 0.29) is 18.2 Å². The van der Waals surface area contributed by atoms with Gasteiger partial charge in [-0.2, -0.15) is 0 Å². The average Bonchev–Trinajstić information content (AvgIpc) is 3.37. The van der Waals surface area contributed by atoms with Gasteiger partial charge in [-0.15, -0.1) is 0 Å². The molecule has 6 rings (SSSR count). The molecule has 3 fully saturated rings. The number of likely N-dealkylation sites (tertiary alicyclic amines) is 1. The van der Waals surface area contributed by atoms with Gasteiger partial charge in [-0.1, -0.05) is 18.2 Å². The largest absolute Gasteiger partial charge is 0.353 e. The maximum absolute atomic E-state index is 12.5. The summed E-state index contributed by atoms with van der Waals surface area (Å²) in [6.07, 6.45) is 6.55. The van der Waals surface area contributed by atoms with Crippen LogP contribution in [0.3, 0.4) is 0 Å². The number of aromatic nitrogens is 4. The molecule has 3 aromatic rings. The van der Waals surface area contributed by atoms with Crippen molar-refractivity contribution in [1.82, 2.24) is 29.7 Å². The van der Waals surface area contributed by atoms with Crippen molar-refractivity contribution in [1.29, 1.82) is 0 Å². The van der Waals surface area contributed by atoms with Crippen LogP contribution in [0.5, 0.6) is 0 Å². The van der Waals surface area contributed by atoms with Crippen LogP contribution >= 0.6 is 0 Å². The highest BCUT2D eigenvalue weighted by Crippen LogP contribution is 2.35. The molecule has 9 nitrogen and oxygen atoms in total. The summed E-state index contributed by atoms with van der Waals surface area (Å²) in [4.78, 5) is 28.2. The van der Waals surface area contributed by atoms with Crippen molar-refractivity contribution < 1.29 is 9.53 Å². The molecule has 3 aliphatic heterocycles. The van der Waals surface area contributed by atoms with Crippen molar-refractivity contribution in [2.75, 3.05) is 31.5 Å². The Kier molecular flexibility index (Phi) is 4.48. The number of rotatable bonds is 5. The molecule has 160 valence electrons. The number of amides is 1. The van der Waals surface area contributed by atoms with Crippen LogP contribution in [0.2, 0.25) is 0 Å². The lowest BCUT2D eigenvalue weighted by molar-refractivity contribution is -0.0585. The molecule has 5 heterocycles. The van der Waals surface area contributed by atoms with Crippen LogP contribution in [0.4, 0.5) is 5.82 Å². The van der Waals surface area contributed by atoms with Gasteiger partial charge in [-0.25, -0.2) is 15.0 Å². The van der Waals surface area contributed by atoms with E-state index < -0.39 is 0 Å². The van der Waals surface area contributed by atoms with E-state index in [1.807, 2.05) is 22.8 Å². The summed E-state index contributed by atoms with van der Waals surface area (Å²) in [6, 6.07) is 9.06. The molecule has 3 aliphatic rings. The molecule has 0 saturated carbocycles. The summed E-state index contributed by atoms with van der Waals surface area (Å²) in [6.45, 7) is 4.38. The van der Waals surface area contributed by atoms with Crippen LogP contribution in [-0.4, -0.2) is 68.1 Å². The number of carbonyl (C=O) groups excluding carboxylic acids is 1. The summed E-state index contributed by atoms with van der Waals surface area (Å²) in [7, 11) is 0. The van der Waals surface area contributed by atoms with E-state index in [0.717, 1.165) is 39.0 Å². The lowest BCUT2D eigenvalue weighted by atomic mass is 9.80. The number of anilines is 1. The Hall–Kier alpha value is -2.88. The van der Waals surface area contributed by atoms with Crippen LogP contribution in [0.15, 0.2) is 43.0 Å². The molecular formula is C22H25N7O2. The maximum Gasteiger partial charge on any atom is 0.256 e. The Morgan fingerprint density at radius 1 is 1.19 bits per heavy atom.